The molecule has 1 aliphatic carbocycles. The van der Waals surface area contributed by atoms with Crippen LogP contribution in [0.4, 0.5) is 0 Å². The van der Waals surface area contributed by atoms with E-state index in [4.69, 9.17) is 5.11 Å². The molecule has 98 valence electrons. The SMILES string of the molecule is Cc1nc(C2CC2(C)C)nc(C)c1CCC(=O)O. The highest BCUT2D eigenvalue weighted by atomic mass is 16.4. The number of carboxylic acids is 1. The highest BCUT2D eigenvalue weighted by Gasteiger charge is 2.48. The molecule has 1 fully saturated rings. The summed E-state index contributed by atoms with van der Waals surface area (Å²) >= 11 is 0. The second-order valence-corrected chi connectivity index (χ2v) is 5.87. The van der Waals surface area contributed by atoms with Crippen LogP contribution in [0.25, 0.3) is 0 Å². The van der Waals surface area contributed by atoms with E-state index in [9.17, 15) is 4.79 Å². The third-order valence-corrected chi connectivity index (χ3v) is 3.85. The summed E-state index contributed by atoms with van der Waals surface area (Å²) in [6.45, 7) is 8.35. The fraction of sp³-hybridized carbons (Fsp3) is 0.643. The van der Waals surface area contributed by atoms with Gasteiger partial charge in [0.05, 0.1) is 0 Å². The van der Waals surface area contributed by atoms with Gasteiger partial charge in [-0.05, 0) is 37.7 Å². The van der Waals surface area contributed by atoms with Gasteiger partial charge in [0.1, 0.15) is 5.82 Å². The summed E-state index contributed by atoms with van der Waals surface area (Å²) in [6.07, 6.45) is 1.79. The Kier molecular flexibility index (Phi) is 3.13. The van der Waals surface area contributed by atoms with Crippen molar-refractivity contribution in [2.75, 3.05) is 0 Å². The Morgan fingerprint density at radius 3 is 2.22 bits per heavy atom. The molecule has 0 radical (unpaired) electrons. The summed E-state index contributed by atoms with van der Waals surface area (Å²) in [5.41, 5.74) is 3.17. The van der Waals surface area contributed by atoms with E-state index in [1.165, 1.54) is 0 Å². The van der Waals surface area contributed by atoms with Crippen molar-refractivity contribution in [1.29, 1.82) is 0 Å². The second-order valence-electron chi connectivity index (χ2n) is 5.87. The minimum atomic E-state index is -0.777. The Balaban J connectivity index is 2.22. The van der Waals surface area contributed by atoms with Crippen molar-refractivity contribution in [2.45, 2.75) is 52.9 Å². The maximum Gasteiger partial charge on any atom is 0.303 e. The van der Waals surface area contributed by atoms with Gasteiger partial charge in [-0.25, -0.2) is 9.97 Å². The smallest absolute Gasteiger partial charge is 0.303 e. The highest BCUT2D eigenvalue weighted by molar-refractivity contribution is 5.67. The number of hydrogen-bond donors (Lipinski definition) is 1. The third kappa shape index (κ3) is 2.52. The molecule has 1 aromatic rings. The van der Waals surface area contributed by atoms with Crippen molar-refractivity contribution in [3.8, 4) is 0 Å². The van der Waals surface area contributed by atoms with Gasteiger partial charge in [0.25, 0.3) is 0 Å². The fourth-order valence-corrected chi connectivity index (χ4v) is 2.42. The molecule has 1 heterocycles. The predicted molar refractivity (Wildman–Crippen MR) is 68.6 cm³/mol. The van der Waals surface area contributed by atoms with Gasteiger partial charge in [-0.3, -0.25) is 4.79 Å². The molecule has 2 rings (SSSR count). The van der Waals surface area contributed by atoms with Gasteiger partial charge in [-0.15, -0.1) is 0 Å². The van der Waals surface area contributed by atoms with Crippen LogP contribution in [0.3, 0.4) is 0 Å². The van der Waals surface area contributed by atoms with Crippen molar-refractivity contribution in [3.05, 3.63) is 22.8 Å². The maximum absolute atomic E-state index is 10.6. The number of hydrogen-bond acceptors (Lipinski definition) is 3. The highest BCUT2D eigenvalue weighted by Crippen LogP contribution is 2.57. The Morgan fingerprint density at radius 2 is 1.83 bits per heavy atom. The van der Waals surface area contributed by atoms with Crippen LogP contribution in [-0.4, -0.2) is 21.0 Å². The van der Waals surface area contributed by atoms with Gasteiger partial charge in [0, 0.05) is 23.7 Å². The number of rotatable bonds is 4. The summed E-state index contributed by atoms with van der Waals surface area (Å²) in [4.78, 5) is 19.8. The Morgan fingerprint density at radius 1 is 1.33 bits per heavy atom. The quantitative estimate of drug-likeness (QED) is 0.889. The molecule has 0 bridgehead atoms. The van der Waals surface area contributed by atoms with Crippen LogP contribution in [0, 0.1) is 19.3 Å². The number of carboxylic acid groups (broad SMARTS) is 1. The van der Waals surface area contributed by atoms with Crippen LogP contribution in [0.5, 0.6) is 0 Å². The van der Waals surface area contributed by atoms with Crippen LogP contribution in [0.15, 0.2) is 0 Å². The van der Waals surface area contributed by atoms with Gasteiger partial charge >= 0.3 is 5.97 Å². The molecule has 1 unspecified atom stereocenters. The van der Waals surface area contributed by atoms with Crippen LogP contribution >= 0.6 is 0 Å². The summed E-state index contributed by atoms with van der Waals surface area (Å²) in [5.74, 6) is 0.610. The maximum atomic E-state index is 10.6. The van der Waals surface area contributed by atoms with Crippen molar-refractivity contribution in [3.63, 3.8) is 0 Å². The van der Waals surface area contributed by atoms with Crippen LogP contribution in [0.2, 0.25) is 0 Å². The lowest BCUT2D eigenvalue weighted by Gasteiger charge is -2.10. The van der Waals surface area contributed by atoms with Crippen molar-refractivity contribution in [2.24, 2.45) is 5.41 Å². The van der Waals surface area contributed by atoms with E-state index in [-0.39, 0.29) is 6.42 Å². The second kappa shape index (κ2) is 4.34. The Bertz CT molecular complexity index is 472. The van der Waals surface area contributed by atoms with E-state index in [2.05, 4.69) is 23.8 Å². The van der Waals surface area contributed by atoms with Gasteiger partial charge in [-0.1, -0.05) is 13.8 Å². The average molecular weight is 248 g/mol. The molecule has 4 nitrogen and oxygen atoms in total. The van der Waals surface area contributed by atoms with E-state index in [0.29, 0.717) is 17.8 Å². The standard InChI is InChI=1S/C14H20N2O2/c1-8-10(5-6-12(17)18)9(2)16-13(15-8)11-7-14(11,3)4/h11H,5-7H2,1-4H3,(H,17,18). The molecule has 0 saturated heterocycles. The van der Waals surface area contributed by atoms with E-state index < -0.39 is 5.97 Å². The predicted octanol–water partition coefficient (Wildman–Crippen LogP) is 2.62. The summed E-state index contributed by atoms with van der Waals surface area (Å²) in [5, 5.41) is 8.74. The van der Waals surface area contributed by atoms with E-state index in [1.807, 2.05) is 13.8 Å². The summed E-state index contributed by atoms with van der Waals surface area (Å²) < 4.78 is 0. The lowest BCUT2D eigenvalue weighted by atomic mass is 10.1. The zero-order valence-electron chi connectivity index (χ0n) is 11.4. The third-order valence-electron chi connectivity index (χ3n) is 3.85. The first-order chi connectivity index (χ1) is 8.31. The summed E-state index contributed by atoms with van der Waals surface area (Å²) in [6, 6.07) is 0. The lowest BCUT2D eigenvalue weighted by Crippen LogP contribution is -2.08. The summed E-state index contributed by atoms with van der Waals surface area (Å²) in [7, 11) is 0. The zero-order chi connectivity index (χ0) is 13.5. The normalized spacial score (nSPS) is 20.8. The average Bonchev–Trinajstić information content (AvgIpc) is 2.86. The molecule has 1 aliphatic rings. The Hall–Kier alpha value is -1.45. The molecule has 0 amide bonds. The molecule has 1 N–H and O–H groups in total. The molecule has 0 spiro atoms. The lowest BCUT2D eigenvalue weighted by molar-refractivity contribution is -0.136. The number of carbonyl (C=O) groups is 1. The molecule has 1 aromatic heterocycles. The first-order valence-corrected chi connectivity index (χ1v) is 6.37. The van der Waals surface area contributed by atoms with Gasteiger partial charge in [-0.2, -0.15) is 0 Å². The number of aliphatic carboxylic acids is 1. The molecule has 1 atom stereocenters. The molecule has 1 saturated carbocycles. The number of aryl methyl sites for hydroxylation is 2. The van der Waals surface area contributed by atoms with Crippen molar-refractivity contribution >= 4 is 5.97 Å². The van der Waals surface area contributed by atoms with E-state index >= 15 is 0 Å². The van der Waals surface area contributed by atoms with Crippen molar-refractivity contribution in [1.82, 2.24) is 9.97 Å². The Labute approximate surface area is 107 Å². The first kappa shape index (κ1) is 13.0. The van der Waals surface area contributed by atoms with Gasteiger partial charge < -0.3 is 5.11 Å². The molecular weight excluding hydrogens is 228 g/mol. The largest absolute Gasteiger partial charge is 0.481 e. The number of aromatic nitrogens is 2. The van der Waals surface area contributed by atoms with Crippen LogP contribution in [-0.2, 0) is 11.2 Å². The molecule has 0 aliphatic heterocycles. The zero-order valence-corrected chi connectivity index (χ0v) is 11.4. The first-order valence-electron chi connectivity index (χ1n) is 6.37. The number of nitrogens with zero attached hydrogens (tertiary/aromatic N) is 2. The van der Waals surface area contributed by atoms with Gasteiger partial charge in [0.2, 0.25) is 0 Å². The minimum absolute atomic E-state index is 0.138. The molecule has 0 aromatic carbocycles. The van der Waals surface area contributed by atoms with Crippen molar-refractivity contribution < 1.29 is 9.90 Å². The molecular formula is C14H20N2O2. The van der Waals surface area contributed by atoms with Crippen LogP contribution in [0.1, 0.15) is 55.4 Å². The fourth-order valence-electron chi connectivity index (χ4n) is 2.42. The van der Waals surface area contributed by atoms with Gasteiger partial charge in [0.15, 0.2) is 0 Å². The monoisotopic (exact) mass is 248 g/mol. The van der Waals surface area contributed by atoms with E-state index in [0.717, 1.165) is 29.2 Å². The van der Waals surface area contributed by atoms with E-state index in [1.54, 1.807) is 0 Å². The minimum Gasteiger partial charge on any atom is -0.481 e. The topological polar surface area (TPSA) is 63.1 Å². The van der Waals surface area contributed by atoms with Crippen LogP contribution < -0.4 is 0 Å². The molecule has 4 heteroatoms. The molecule has 18 heavy (non-hydrogen) atoms.